The summed E-state index contributed by atoms with van der Waals surface area (Å²) < 4.78 is 7.24. The Labute approximate surface area is 176 Å². The molecule has 1 aromatic heterocycles. The van der Waals surface area contributed by atoms with Crippen LogP contribution in [0.1, 0.15) is 28.1 Å². The number of aryl methyl sites for hydroxylation is 2. The first kappa shape index (κ1) is 20.9. The van der Waals surface area contributed by atoms with Crippen LogP contribution in [0.15, 0.2) is 42.5 Å². The third-order valence-corrected chi connectivity index (χ3v) is 5.60. The second-order valence-corrected chi connectivity index (χ2v) is 7.64. The molecule has 0 atom stereocenters. The SMILES string of the molecule is COc1ccccc1CN(C)C(=O)Cc1c(C)nn(-c2ccc(C)c(Cl)c2)c1C. The smallest absolute Gasteiger partial charge is 0.227 e. The highest BCUT2D eigenvalue weighted by atomic mass is 35.5. The minimum absolute atomic E-state index is 0.0311. The molecule has 152 valence electrons. The molecular weight excluding hydrogens is 386 g/mol. The maximum atomic E-state index is 12.9. The minimum atomic E-state index is 0.0311. The maximum Gasteiger partial charge on any atom is 0.227 e. The van der Waals surface area contributed by atoms with Crippen LogP contribution >= 0.6 is 11.6 Å². The van der Waals surface area contributed by atoms with E-state index in [4.69, 9.17) is 16.3 Å². The Morgan fingerprint density at radius 1 is 1.17 bits per heavy atom. The summed E-state index contributed by atoms with van der Waals surface area (Å²) in [6.45, 7) is 6.37. The summed E-state index contributed by atoms with van der Waals surface area (Å²) in [5.41, 5.74) is 5.62. The molecule has 0 radical (unpaired) electrons. The molecule has 3 rings (SSSR count). The Bertz CT molecular complexity index is 1040. The number of carbonyl (C=O) groups is 1. The van der Waals surface area contributed by atoms with E-state index in [0.717, 1.165) is 39.5 Å². The second kappa shape index (κ2) is 8.70. The lowest BCUT2D eigenvalue weighted by molar-refractivity contribution is -0.129. The predicted octanol–water partition coefficient (Wildman–Crippen LogP) is 4.66. The Morgan fingerprint density at radius 3 is 2.59 bits per heavy atom. The highest BCUT2D eigenvalue weighted by Gasteiger charge is 2.19. The third-order valence-electron chi connectivity index (χ3n) is 5.19. The number of methoxy groups -OCH3 is 1. The first-order valence-corrected chi connectivity index (χ1v) is 9.87. The van der Waals surface area contributed by atoms with Crippen molar-refractivity contribution in [3.8, 4) is 11.4 Å². The Hall–Kier alpha value is -2.79. The van der Waals surface area contributed by atoms with Crippen LogP contribution in [-0.4, -0.2) is 34.7 Å². The number of halogens is 1. The van der Waals surface area contributed by atoms with Gasteiger partial charge in [-0.1, -0.05) is 35.9 Å². The molecule has 1 heterocycles. The fraction of sp³-hybridized carbons (Fsp3) is 0.304. The van der Waals surface area contributed by atoms with Gasteiger partial charge in [-0.3, -0.25) is 4.79 Å². The summed E-state index contributed by atoms with van der Waals surface area (Å²) in [4.78, 5) is 14.6. The van der Waals surface area contributed by atoms with Gasteiger partial charge in [0.1, 0.15) is 5.75 Å². The van der Waals surface area contributed by atoms with Crippen molar-refractivity contribution < 1.29 is 9.53 Å². The van der Waals surface area contributed by atoms with Crippen molar-refractivity contribution in [3.05, 3.63) is 75.6 Å². The molecule has 1 amide bonds. The van der Waals surface area contributed by atoms with Crippen LogP contribution < -0.4 is 4.74 Å². The monoisotopic (exact) mass is 411 g/mol. The average Bonchev–Trinajstić information content (AvgIpc) is 2.98. The summed E-state index contributed by atoms with van der Waals surface area (Å²) in [5, 5.41) is 5.34. The zero-order chi connectivity index (χ0) is 21.1. The number of nitrogens with zero attached hydrogens (tertiary/aromatic N) is 3. The average molecular weight is 412 g/mol. The summed E-state index contributed by atoms with van der Waals surface area (Å²) in [6, 6.07) is 13.6. The summed E-state index contributed by atoms with van der Waals surface area (Å²) >= 11 is 6.28. The van der Waals surface area contributed by atoms with Crippen molar-refractivity contribution in [2.24, 2.45) is 0 Å². The van der Waals surface area contributed by atoms with Crippen molar-refractivity contribution in [1.29, 1.82) is 0 Å². The van der Waals surface area contributed by atoms with E-state index in [1.165, 1.54) is 0 Å². The van der Waals surface area contributed by atoms with Crippen molar-refractivity contribution in [2.45, 2.75) is 33.7 Å². The molecule has 0 saturated carbocycles. The van der Waals surface area contributed by atoms with E-state index in [9.17, 15) is 4.79 Å². The molecule has 0 bridgehead atoms. The van der Waals surface area contributed by atoms with E-state index in [0.29, 0.717) is 18.0 Å². The number of likely N-dealkylation sites (N-methyl/N-ethyl adjacent to an activating group) is 1. The number of para-hydroxylation sites is 1. The van der Waals surface area contributed by atoms with Crippen LogP contribution in [-0.2, 0) is 17.8 Å². The summed E-state index contributed by atoms with van der Waals surface area (Å²) in [5.74, 6) is 0.812. The molecule has 0 aliphatic carbocycles. The van der Waals surface area contributed by atoms with E-state index in [1.807, 2.05) is 75.0 Å². The van der Waals surface area contributed by atoms with E-state index in [1.54, 1.807) is 12.0 Å². The van der Waals surface area contributed by atoms with Crippen LogP contribution in [0.25, 0.3) is 5.69 Å². The lowest BCUT2D eigenvalue weighted by atomic mass is 10.1. The van der Waals surface area contributed by atoms with E-state index >= 15 is 0 Å². The molecule has 29 heavy (non-hydrogen) atoms. The van der Waals surface area contributed by atoms with E-state index in [-0.39, 0.29) is 5.91 Å². The van der Waals surface area contributed by atoms with E-state index < -0.39 is 0 Å². The Balaban J connectivity index is 1.80. The normalized spacial score (nSPS) is 10.8. The minimum Gasteiger partial charge on any atom is -0.496 e. The third kappa shape index (κ3) is 4.46. The fourth-order valence-corrected chi connectivity index (χ4v) is 3.53. The topological polar surface area (TPSA) is 47.4 Å². The van der Waals surface area contributed by atoms with Crippen molar-refractivity contribution in [3.63, 3.8) is 0 Å². The maximum absolute atomic E-state index is 12.9. The molecule has 6 heteroatoms. The van der Waals surface area contributed by atoms with Crippen LogP contribution in [0, 0.1) is 20.8 Å². The van der Waals surface area contributed by atoms with Gasteiger partial charge in [0, 0.05) is 35.4 Å². The molecule has 0 N–H and O–H groups in total. The molecule has 0 aliphatic rings. The van der Waals surface area contributed by atoms with Gasteiger partial charge >= 0.3 is 0 Å². The molecule has 0 saturated heterocycles. The highest BCUT2D eigenvalue weighted by Crippen LogP contribution is 2.24. The van der Waals surface area contributed by atoms with Crippen molar-refractivity contribution >= 4 is 17.5 Å². The van der Waals surface area contributed by atoms with Crippen molar-refractivity contribution in [1.82, 2.24) is 14.7 Å². The summed E-state index contributed by atoms with van der Waals surface area (Å²) in [7, 11) is 3.45. The molecule has 0 spiro atoms. The molecule has 3 aromatic rings. The Morgan fingerprint density at radius 2 is 1.90 bits per heavy atom. The van der Waals surface area contributed by atoms with Gasteiger partial charge in [-0.2, -0.15) is 5.10 Å². The quantitative estimate of drug-likeness (QED) is 0.592. The van der Waals surface area contributed by atoms with Gasteiger partial charge in [0.25, 0.3) is 0 Å². The molecule has 0 aliphatic heterocycles. The molecule has 0 unspecified atom stereocenters. The van der Waals surface area contributed by atoms with Gasteiger partial charge in [-0.05, 0) is 44.5 Å². The number of ether oxygens (including phenoxy) is 1. The van der Waals surface area contributed by atoms with Crippen molar-refractivity contribution in [2.75, 3.05) is 14.2 Å². The number of hydrogen-bond donors (Lipinski definition) is 0. The number of carbonyl (C=O) groups excluding carboxylic acids is 1. The number of amides is 1. The zero-order valence-electron chi connectivity index (χ0n) is 17.5. The lowest BCUT2D eigenvalue weighted by Gasteiger charge is -2.19. The lowest BCUT2D eigenvalue weighted by Crippen LogP contribution is -2.28. The summed E-state index contributed by atoms with van der Waals surface area (Å²) in [6.07, 6.45) is 0.295. The van der Waals surface area contributed by atoms with Crippen LogP contribution in [0.4, 0.5) is 0 Å². The van der Waals surface area contributed by atoms with Gasteiger partial charge in [-0.25, -0.2) is 4.68 Å². The first-order chi connectivity index (χ1) is 13.8. The molecular formula is C23H26ClN3O2. The predicted molar refractivity (Wildman–Crippen MR) is 116 cm³/mol. The fourth-order valence-electron chi connectivity index (χ4n) is 3.36. The second-order valence-electron chi connectivity index (χ2n) is 7.23. The van der Waals surface area contributed by atoms with Gasteiger partial charge in [0.05, 0.1) is 24.9 Å². The molecule has 2 aromatic carbocycles. The van der Waals surface area contributed by atoms with Crippen LogP contribution in [0.5, 0.6) is 5.75 Å². The molecule has 5 nitrogen and oxygen atoms in total. The number of rotatable bonds is 6. The largest absolute Gasteiger partial charge is 0.496 e. The highest BCUT2D eigenvalue weighted by molar-refractivity contribution is 6.31. The number of aromatic nitrogens is 2. The van der Waals surface area contributed by atoms with Gasteiger partial charge < -0.3 is 9.64 Å². The van der Waals surface area contributed by atoms with Gasteiger partial charge in [0.2, 0.25) is 5.91 Å². The standard InChI is InChI=1S/C23H26ClN3O2/c1-15-10-11-19(12-21(15)24)27-17(3)20(16(2)25-27)13-23(28)26(4)14-18-8-6-7-9-22(18)29-5/h6-12H,13-14H2,1-5H3. The van der Waals surface area contributed by atoms with Crippen LogP contribution in [0.3, 0.4) is 0 Å². The number of benzene rings is 2. The number of hydrogen-bond acceptors (Lipinski definition) is 3. The van der Waals surface area contributed by atoms with E-state index in [2.05, 4.69) is 5.10 Å². The van der Waals surface area contributed by atoms with Crippen LogP contribution in [0.2, 0.25) is 5.02 Å². The first-order valence-electron chi connectivity index (χ1n) is 9.49. The zero-order valence-corrected chi connectivity index (χ0v) is 18.2. The molecule has 0 fully saturated rings. The van der Waals surface area contributed by atoms with Gasteiger partial charge in [-0.15, -0.1) is 0 Å². The Kier molecular flexibility index (Phi) is 6.28. The van der Waals surface area contributed by atoms with Gasteiger partial charge in [0.15, 0.2) is 0 Å².